The molecule has 0 aromatic heterocycles. The van der Waals surface area contributed by atoms with Crippen molar-refractivity contribution < 1.29 is 8.42 Å². The van der Waals surface area contributed by atoms with Gasteiger partial charge in [-0.1, -0.05) is 50.2 Å². The molecule has 2 aromatic rings. The fourth-order valence-electron chi connectivity index (χ4n) is 2.79. The van der Waals surface area contributed by atoms with Gasteiger partial charge in [0.15, 0.2) is 5.96 Å². The average molecular weight is 530 g/mol. The molecule has 4 N–H and O–H groups in total. The highest BCUT2D eigenvalue weighted by Gasteiger charge is 2.15. The van der Waals surface area contributed by atoms with Gasteiger partial charge in [-0.05, 0) is 48.6 Å². The first-order valence-electron chi connectivity index (χ1n) is 9.40. The van der Waals surface area contributed by atoms with Crippen LogP contribution in [0.15, 0.2) is 53.5 Å². The number of benzene rings is 2. The summed E-state index contributed by atoms with van der Waals surface area (Å²) in [6.45, 7) is 8.17. The minimum Gasteiger partial charge on any atom is -0.370 e. The van der Waals surface area contributed by atoms with E-state index in [1.165, 1.54) is 5.56 Å². The third kappa shape index (κ3) is 8.71. The average Bonchev–Trinajstić information content (AvgIpc) is 2.59. The molecular formula is C21H31IN4O2S. The Hall–Kier alpha value is -1.65. The molecule has 0 unspecified atom stereocenters. The van der Waals surface area contributed by atoms with Gasteiger partial charge < -0.3 is 11.1 Å². The Morgan fingerprint density at radius 2 is 1.69 bits per heavy atom. The van der Waals surface area contributed by atoms with E-state index in [0.717, 1.165) is 11.3 Å². The fourth-order valence-corrected chi connectivity index (χ4v) is 4.28. The summed E-state index contributed by atoms with van der Waals surface area (Å²) < 4.78 is 27.1. The lowest BCUT2D eigenvalue weighted by Gasteiger charge is -2.12. The van der Waals surface area contributed by atoms with Crippen LogP contribution in [0.5, 0.6) is 0 Å². The van der Waals surface area contributed by atoms with Gasteiger partial charge in [0.2, 0.25) is 10.0 Å². The van der Waals surface area contributed by atoms with Gasteiger partial charge in [-0.15, -0.1) is 24.0 Å². The lowest BCUT2D eigenvalue weighted by atomic mass is 10.0. The minimum absolute atomic E-state index is 0. The van der Waals surface area contributed by atoms with Crippen molar-refractivity contribution >= 4 is 45.6 Å². The molecule has 0 amide bonds. The van der Waals surface area contributed by atoms with Crippen LogP contribution in [0.3, 0.4) is 0 Å². The molecule has 0 fully saturated rings. The molecule has 0 aliphatic rings. The van der Waals surface area contributed by atoms with E-state index in [1.807, 2.05) is 36.4 Å². The monoisotopic (exact) mass is 530 g/mol. The van der Waals surface area contributed by atoms with E-state index in [-0.39, 0.29) is 35.8 Å². The van der Waals surface area contributed by atoms with Gasteiger partial charge in [0, 0.05) is 11.7 Å². The van der Waals surface area contributed by atoms with Gasteiger partial charge >= 0.3 is 0 Å². The second kappa shape index (κ2) is 11.5. The summed E-state index contributed by atoms with van der Waals surface area (Å²) in [6.07, 6.45) is 0. The van der Waals surface area contributed by atoms with Gasteiger partial charge in [0.1, 0.15) is 0 Å². The molecule has 0 saturated carbocycles. The molecule has 2 aromatic carbocycles. The second-order valence-electron chi connectivity index (χ2n) is 7.41. The SMILES string of the molecule is CC(C)NS(=O)(=O)Cc1ccccc1CN=C(N)Nc1cccc(C(C)C)c1.I. The number of nitrogens with zero attached hydrogens (tertiary/aromatic N) is 1. The van der Waals surface area contributed by atoms with Crippen molar-refractivity contribution in [2.75, 3.05) is 5.32 Å². The van der Waals surface area contributed by atoms with Crippen molar-refractivity contribution in [1.82, 2.24) is 4.72 Å². The molecule has 6 nitrogen and oxygen atoms in total. The number of halogens is 1. The summed E-state index contributed by atoms with van der Waals surface area (Å²) in [6, 6.07) is 15.3. The summed E-state index contributed by atoms with van der Waals surface area (Å²) in [5, 5.41) is 3.10. The summed E-state index contributed by atoms with van der Waals surface area (Å²) in [7, 11) is -3.40. The number of guanidine groups is 1. The maximum Gasteiger partial charge on any atom is 0.216 e. The molecule has 0 aliphatic heterocycles. The van der Waals surface area contributed by atoms with Crippen LogP contribution in [-0.2, 0) is 22.3 Å². The first-order valence-corrected chi connectivity index (χ1v) is 11.0. The van der Waals surface area contributed by atoms with Crippen LogP contribution in [0.4, 0.5) is 5.69 Å². The first-order chi connectivity index (χ1) is 13.2. The van der Waals surface area contributed by atoms with Crippen LogP contribution in [-0.4, -0.2) is 20.4 Å². The molecule has 0 saturated heterocycles. The number of hydrogen-bond donors (Lipinski definition) is 3. The van der Waals surface area contributed by atoms with Crippen LogP contribution in [0.25, 0.3) is 0 Å². The largest absolute Gasteiger partial charge is 0.370 e. The normalized spacial score (nSPS) is 12.1. The summed E-state index contributed by atoms with van der Waals surface area (Å²) >= 11 is 0. The predicted octanol–water partition coefficient (Wildman–Crippen LogP) is 4.18. The number of nitrogens with one attached hydrogen (secondary N) is 2. The zero-order chi connectivity index (χ0) is 20.7. The van der Waals surface area contributed by atoms with Gasteiger partial charge in [-0.3, -0.25) is 0 Å². The zero-order valence-electron chi connectivity index (χ0n) is 17.3. The highest BCUT2D eigenvalue weighted by atomic mass is 127. The molecule has 0 bridgehead atoms. The fraction of sp³-hybridized carbons (Fsp3) is 0.381. The van der Waals surface area contributed by atoms with Crippen molar-refractivity contribution in [2.24, 2.45) is 10.7 Å². The van der Waals surface area contributed by atoms with Crippen molar-refractivity contribution in [2.45, 2.75) is 52.0 Å². The number of nitrogens with two attached hydrogens (primary N) is 1. The van der Waals surface area contributed by atoms with Crippen LogP contribution in [0.1, 0.15) is 50.3 Å². The molecule has 0 heterocycles. The highest BCUT2D eigenvalue weighted by molar-refractivity contribution is 14.0. The van der Waals surface area contributed by atoms with Crippen molar-refractivity contribution in [3.05, 3.63) is 65.2 Å². The maximum absolute atomic E-state index is 12.2. The number of sulfonamides is 1. The third-order valence-corrected chi connectivity index (χ3v) is 5.65. The van der Waals surface area contributed by atoms with Crippen LogP contribution in [0, 0.1) is 0 Å². The van der Waals surface area contributed by atoms with Gasteiger partial charge in [-0.25, -0.2) is 18.1 Å². The number of hydrogen-bond acceptors (Lipinski definition) is 3. The Morgan fingerprint density at radius 1 is 1.03 bits per heavy atom. The minimum atomic E-state index is -3.40. The molecular weight excluding hydrogens is 499 g/mol. The zero-order valence-corrected chi connectivity index (χ0v) is 20.5. The van der Waals surface area contributed by atoms with E-state index in [2.05, 4.69) is 34.9 Å². The molecule has 2 rings (SSSR count). The van der Waals surface area contributed by atoms with E-state index < -0.39 is 10.0 Å². The van der Waals surface area contributed by atoms with E-state index in [1.54, 1.807) is 19.9 Å². The quantitative estimate of drug-likeness (QED) is 0.271. The Bertz CT molecular complexity index is 928. The lowest BCUT2D eigenvalue weighted by Crippen LogP contribution is -2.31. The topological polar surface area (TPSA) is 96.6 Å². The number of rotatable bonds is 8. The van der Waals surface area contributed by atoms with Gasteiger partial charge in [0.05, 0.1) is 12.3 Å². The molecule has 160 valence electrons. The van der Waals surface area contributed by atoms with E-state index in [9.17, 15) is 8.42 Å². The predicted molar refractivity (Wildman–Crippen MR) is 132 cm³/mol. The molecule has 0 atom stereocenters. The lowest BCUT2D eigenvalue weighted by molar-refractivity contribution is 0.569. The summed E-state index contributed by atoms with van der Waals surface area (Å²) in [5.41, 5.74) is 9.67. The van der Waals surface area contributed by atoms with Crippen molar-refractivity contribution in [1.29, 1.82) is 0 Å². The van der Waals surface area contributed by atoms with Crippen LogP contribution >= 0.6 is 24.0 Å². The number of anilines is 1. The van der Waals surface area contributed by atoms with E-state index in [4.69, 9.17) is 5.73 Å². The van der Waals surface area contributed by atoms with E-state index in [0.29, 0.717) is 24.0 Å². The first kappa shape index (κ1) is 25.4. The Morgan fingerprint density at radius 3 is 2.31 bits per heavy atom. The van der Waals surface area contributed by atoms with E-state index >= 15 is 0 Å². The Kier molecular flexibility index (Phi) is 10.1. The number of aliphatic imine (C=N–C) groups is 1. The van der Waals surface area contributed by atoms with Gasteiger partial charge in [0.25, 0.3) is 0 Å². The van der Waals surface area contributed by atoms with Crippen LogP contribution < -0.4 is 15.8 Å². The molecule has 0 radical (unpaired) electrons. The van der Waals surface area contributed by atoms with Gasteiger partial charge in [-0.2, -0.15) is 0 Å². The summed E-state index contributed by atoms with van der Waals surface area (Å²) in [5.74, 6) is 0.632. The summed E-state index contributed by atoms with van der Waals surface area (Å²) in [4.78, 5) is 4.38. The molecule has 29 heavy (non-hydrogen) atoms. The third-order valence-electron chi connectivity index (χ3n) is 4.12. The maximum atomic E-state index is 12.2. The molecule has 0 aliphatic carbocycles. The Labute approximate surface area is 191 Å². The molecule has 8 heteroatoms. The van der Waals surface area contributed by atoms with Crippen molar-refractivity contribution in [3.63, 3.8) is 0 Å². The highest BCUT2D eigenvalue weighted by Crippen LogP contribution is 2.18. The Balaban J connectivity index is 0.00000420. The molecule has 0 spiro atoms. The second-order valence-corrected chi connectivity index (χ2v) is 9.16. The smallest absolute Gasteiger partial charge is 0.216 e. The van der Waals surface area contributed by atoms with Crippen molar-refractivity contribution in [3.8, 4) is 0 Å². The van der Waals surface area contributed by atoms with Crippen LogP contribution in [0.2, 0.25) is 0 Å². The standard InChI is InChI=1S/C21H30N4O2S.HI/c1-15(2)17-10-7-11-20(12-17)24-21(22)23-13-18-8-5-6-9-19(18)14-28(26,27)25-16(3)4;/h5-12,15-16,25H,13-14H2,1-4H3,(H3,22,23,24);1H.